The number of carbonyl (C=O) groups excluding carboxylic acids is 1. The van der Waals surface area contributed by atoms with Gasteiger partial charge in [-0.1, -0.05) is 30.3 Å². The maximum absolute atomic E-state index is 11.9. The molecule has 0 heterocycles. The molecule has 94 valence electrons. The molecule has 0 radical (unpaired) electrons. The van der Waals surface area contributed by atoms with Gasteiger partial charge in [0.25, 0.3) is 0 Å². The molecule has 0 saturated carbocycles. The zero-order chi connectivity index (χ0) is 12.7. The van der Waals surface area contributed by atoms with E-state index in [-0.39, 0.29) is 17.2 Å². The number of hydrogen-bond donors (Lipinski definition) is 1. The highest BCUT2D eigenvalue weighted by atomic mass is 32.2. The van der Waals surface area contributed by atoms with E-state index in [1.54, 1.807) is 23.5 Å². The molecule has 0 spiro atoms. The molecule has 0 fully saturated rings. The summed E-state index contributed by atoms with van der Waals surface area (Å²) >= 11 is 3.31. The van der Waals surface area contributed by atoms with Gasteiger partial charge in [-0.25, -0.2) is 0 Å². The third-order valence-corrected chi connectivity index (χ3v) is 4.16. The van der Waals surface area contributed by atoms with Gasteiger partial charge in [0.1, 0.15) is 0 Å². The molecule has 0 aliphatic heterocycles. The van der Waals surface area contributed by atoms with E-state index in [1.807, 2.05) is 31.4 Å². The molecule has 1 amide bonds. The van der Waals surface area contributed by atoms with Crippen molar-refractivity contribution in [1.82, 2.24) is 5.32 Å². The van der Waals surface area contributed by atoms with E-state index < -0.39 is 0 Å². The van der Waals surface area contributed by atoms with Gasteiger partial charge in [-0.3, -0.25) is 4.79 Å². The van der Waals surface area contributed by atoms with Crippen LogP contribution in [0.2, 0.25) is 0 Å². The Morgan fingerprint density at radius 1 is 1.29 bits per heavy atom. The van der Waals surface area contributed by atoms with Crippen molar-refractivity contribution in [3.63, 3.8) is 0 Å². The lowest BCUT2D eigenvalue weighted by molar-refractivity contribution is -0.120. The van der Waals surface area contributed by atoms with Crippen molar-refractivity contribution in [1.29, 1.82) is 0 Å². The van der Waals surface area contributed by atoms with Gasteiger partial charge < -0.3 is 5.32 Å². The highest BCUT2D eigenvalue weighted by Gasteiger charge is 2.17. The minimum absolute atomic E-state index is 0.00284. The van der Waals surface area contributed by atoms with E-state index in [9.17, 15) is 4.79 Å². The number of rotatable bonds is 6. The molecule has 0 aliphatic rings. The van der Waals surface area contributed by atoms with Crippen molar-refractivity contribution in [2.75, 3.05) is 18.3 Å². The first-order chi connectivity index (χ1) is 8.19. The van der Waals surface area contributed by atoms with Crippen LogP contribution in [0, 0.1) is 0 Å². The van der Waals surface area contributed by atoms with E-state index in [0.717, 1.165) is 5.75 Å². The minimum atomic E-state index is 0.00284. The Labute approximate surface area is 112 Å². The van der Waals surface area contributed by atoms with Crippen LogP contribution in [0.1, 0.15) is 18.5 Å². The second kappa shape index (κ2) is 7.67. The van der Waals surface area contributed by atoms with Gasteiger partial charge in [-0.05, 0) is 25.0 Å². The van der Waals surface area contributed by atoms with Crippen molar-refractivity contribution < 1.29 is 4.79 Å². The molecule has 2 atom stereocenters. The van der Waals surface area contributed by atoms with Crippen LogP contribution < -0.4 is 5.32 Å². The number of carbonyl (C=O) groups is 1. The zero-order valence-corrected chi connectivity index (χ0v) is 12.1. The lowest BCUT2D eigenvalue weighted by atomic mass is 10.1. The predicted octanol–water partition coefficient (Wildman–Crippen LogP) is 2.96. The smallest absolute Gasteiger partial charge is 0.233 e. The highest BCUT2D eigenvalue weighted by Crippen LogP contribution is 2.18. The molecule has 1 N–H and O–H groups in total. The summed E-state index contributed by atoms with van der Waals surface area (Å²) in [5.41, 5.74) is 1.17. The van der Waals surface area contributed by atoms with E-state index in [4.69, 9.17) is 0 Å². The first-order valence-corrected chi connectivity index (χ1v) is 8.24. The monoisotopic (exact) mass is 269 g/mol. The topological polar surface area (TPSA) is 29.1 Å². The molecule has 2 nitrogen and oxygen atoms in total. The largest absolute Gasteiger partial charge is 0.348 e. The highest BCUT2D eigenvalue weighted by molar-refractivity contribution is 7.99. The SMILES string of the molecule is CSC[C@H](NC(=O)[C@H](C)SC)c1ccccc1. The van der Waals surface area contributed by atoms with Gasteiger partial charge in [0, 0.05) is 5.75 Å². The van der Waals surface area contributed by atoms with Gasteiger partial charge in [-0.2, -0.15) is 23.5 Å². The molecule has 1 aromatic carbocycles. The number of thioether (sulfide) groups is 2. The van der Waals surface area contributed by atoms with Crippen molar-refractivity contribution in [3.05, 3.63) is 35.9 Å². The second-order valence-corrected chi connectivity index (χ2v) is 5.89. The van der Waals surface area contributed by atoms with Crippen molar-refractivity contribution in [3.8, 4) is 0 Å². The molecule has 0 saturated heterocycles. The molecule has 0 aromatic heterocycles. The molecule has 0 bridgehead atoms. The van der Waals surface area contributed by atoms with Gasteiger partial charge in [0.05, 0.1) is 11.3 Å². The molecule has 0 aliphatic carbocycles. The Balaban J connectivity index is 2.70. The summed E-state index contributed by atoms with van der Waals surface area (Å²) in [5, 5.41) is 3.11. The van der Waals surface area contributed by atoms with Crippen molar-refractivity contribution in [2.45, 2.75) is 18.2 Å². The fourth-order valence-corrected chi connectivity index (χ4v) is 2.36. The summed E-state index contributed by atoms with van der Waals surface area (Å²) < 4.78 is 0. The molecule has 1 rings (SSSR count). The standard InChI is InChI=1S/C13H19NOS2/c1-10(17-3)13(15)14-12(9-16-2)11-7-5-4-6-8-11/h4-8,10,12H,9H2,1-3H3,(H,14,15)/t10-,12-/m0/s1. The third-order valence-electron chi connectivity index (χ3n) is 2.57. The predicted molar refractivity (Wildman–Crippen MR) is 78.7 cm³/mol. The number of nitrogens with one attached hydrogen (secondary N) is 1. The van der Waals surface area contributed by atoms with Crippen molar-refractivity contribution in [2.24, 2.45) is 0 Å². The average molecular weight is 269 g/mol. The van der Waals surface area contributed by atoms with E-state index in [0.29, 0.717) is 0 Å². The van der Waals surface area contributed by atoms with Crippen molar-refractivity contribution >= 4 is 29.4 Å². The first kappa shape index (κ1) is 14.5. The first-order valence-electron chi connectivity index (χ1n) is 5.56. The summed E-state index contributed by atoms with van der Waals surface area (Å²) in [6, 6.07) is 10.2. The summed E-state index contributed by atoms with van der Waals surface area (Å²) in [7, 11) is 0. The summed E-state index contributed by atoms with van der Waals surface area (Å²) in [6.07, 6.45) is 4.01. The van der Waals surface area contributed by atoms with Crippen LogP contribution in [0.15, 0.2) is 30.3 Å². The maximum atomic E-state index is 11.9. The summed E-state index contributed by atoms with van der Waals surface area (Å²) in [6.45, 7) is 1.93. The molecule has 17 heavy (non-hydrogen) atoms. The zero-order valence-electron chi connectivity index (χ0n) is 10.5. The van der Waals surface area contributed by atoms with Gasteiger partial charge in [0.2, 0.25) is 5.91 Å². The fraction of sp³-hybridized carbons (Fsp3) is 0.462. The van der Waals surface area contributed by atoms with Gasteiger partial charge >= 0.3 is 0 Å². The van der Waals surface area contributed by atoms with Crippen LogP contribution in [-0.2, 0) is 4.79 Å². The number of amides is 1. The molecular weight excluding hydrogens is 250 g/mol. The Morgan fingerprint density at radius 2 is 1.94 bits per heavy atom. The average Bonchev–Trinajstić information content (AvgIpc) is 2.38. The van der Waals surface area contributed by atoms with Gasteiger partial charge in [-0.15, -0.1) is 0 Å². The van der Waals surface area contributed by atoms with Crippen LogP contribution in [0.25, 0.3) is 0 Å². The number of hydrogen-bond acceptors (Lipinski definition) is 3. The quantitative estimate of drug-likeness (QED) is 0.861. The van der Waals surface area contributed by atoms with Crippen LogP contribution in [0.3, 0.4) is 0 Å². The summed E-state index contributed by atoms with van der Waals surface area (Å²) in [5.74, 6) is 1.01. The Morgan fingerprint density at radius 3 is 2.47 bits per heavy atom. The maximum Gasteiger partial charge on any atom is 0.233 e. The Bertz CT molecular complexity index is 343. The molecule has 0 unspecified atom stereocenters. The molecule has 4 heteroatoms. The van der Waals surface area contributed by atoms with Crippen LogP contribution in [0.5, 0.6) is 0 Å². The Hall–Kier alpha value is -0.610. The minimum Gasteiger partial charge on any atom is -0.348 e. The van der Waals surface area contributed by atoms with E-state index in [1.165, 1.54) is 5.56 Å². The van der Waals surface area contributed by atoms with E-state index in [2.05, 4.69) is 23.7 Å². The summed E-state index contributed by atoms with van der Waals surface area (Å²) in [4.78, 5) is 11.9. The van der Waals surface area contributed by atoms with Gasteiger partial charge in [0.15, 0.2) is 0 Å². The lowest BCUT2D eigenvalue weighted by Gasteiger charge is -2.20. The van der Waals surface area contributed by atoms with Crippen LogP contribution >= 0.6 is 23.5 Å². The number of benzene rings is 1. The lowest BCUT2D eigenvalue weighted by Crippen LogP contribution is -2.35. The molecular formula is C13H19NOS2. The molecule has 1 aromatic rings. The fourth-order valence-electron chi connectivity index (χ4n) is 1.47. The Kier molecular flexibility index (Phi) is 6.52. The second-order valence-electron chi connectivity index (χ2n) is 3.81. The normalized spacial score (nSPS) is 14.1. The van der Waals surface area contributed by atoms with Crippen LogP contribution in [0.4, 0.5) is 0 Å². The third kappa shape index (κ3) is 4.64. The van der Waals surface area contributed by atoms with E-state index >= 15 is 0 Å². The van der Waals surface area contributed by atoms with Crippen LogP contribution in [-0.4, -0.2) is 29.4 Å².